The summed E-state index contributed by atoms with van der Waals surface area (Å²) < 4.78 is 0. The number of allylic oxidation sites excluding steroid dienone is 2. The van der Waals surface area contributed by atoms with E-state index in [4.69, 9.17) is 0 Å². The fourth-order valence-electron chi connectivity index (χ4n) is 1.87. The molecule has 0 heterocycles. The van der Waals surface area contributed by atoms with E-state index in [2.05, 4.69) is 52.0 Å². The molecule has 1 aromatic carbocycles. The van der Waals surface area contributed by atoms with E-state index >= 15 is 0 Å². The molecular weight excluding hydrogens is 180 g/mol. The molecule has 0 bridgehead atoms. The zero-order valence-corrected chi connectivity index (χ0v) is 10.4. The van der Waals surface area contributed by atoms with Gasteiger partial charge in [-0.2, -0.15) is 0 Å². The smallest absolute Gasteiger partial charge is 0.00620 e. The summed E-state index contributed by atoms with van der Waals surface area (Å²) in [6.07, 6.45) is 3.48. The second kappa shape index (κ2) is 5.75. The van der Waals surface area contributed by atoms with Crippen LogP contribution in [-0.4, -0.2) is 0 Å². The number of hydrogen-bond acceptors (Lipinski definition) is 0. The van der Waals surface area contributed by atoms with E-state index in [1.807, 2.05) is 0 Å². The van der Waals surface area contributed by atoms with Gasteiger partial charge in [0.25, 0.3) is 0 Å². The normalized spacial score (nSPS) is 12.5. The van der Waals surface area contributed by atoms with Crippen molar-refractivity contribution >= 4 is 0 Å². The van der Waals surface area contributed by atoms with Gasteiger partial charge in [0.1, 0.15) is 0 Å². The molecule has 0 radical (unpaired) electrons. The van der Waals surface area contributed by atoms with Gasteiger partial charge in [-0.05, 0) is 44.2 Å². The Bertz CT molecular complexity index is 345. The van der Waals surface area contributed by atoms with Gasteiger partial charge in [-0.3, -0.25) is 0 Å². The van der Waals surface area contributed by atoms with Crippen molar-refractivity contribution in [2.24, 2.45) is 0 Å². The lowest BCUT2D eigenvalue weighted by Crippen LogP contribution is -1.95. The van der Waals surface area contributed by atoms with Crippen LogP contribution in [-0.2, 0) is 6.42 Å². The zero-order chi connectivity index (χ0) is 11.3. The van der Waals surface area contributed by atoms with Gasteiger partial charge in [-0.25, -0.2) is 0 Å². The van der Waals surface area contributed by atoms with Gasteiger partial charge in [-0.15, -0.1) is 0 Å². The van der Waals surface area contributed by atoms with Gasteiger partial charge in [0.15, 0.2) is 0 Å². The van der Waals surface area contributed by atoms with Crippen molar-refractivity contribution in [2.75, 3.05) is 0 Å². The van der Waals surface area contributed by atoms with Gasteiger partial charge >= 0.3 is 0 Å². The van der Waals surface area contributed by atoms with Crippen LogP contribution in [0.5, 0.6) is 0 Å². The topological polar surface area (TPSA) is 0 Å². The lowest BCUT2D eigenvalue weighted by Gasteiger charge is -2.11. The summed E-state index contributed by atoms with van der Waals surface area (Å²) in [4.78, 5) is 0. The number of aryl methyl sites for hydroxylation is 1. The van der Waals surface area contributed by atoms with Crippen molar-refractivity contribution in [3.63, 3.8) is 0 Å². The van der Waals surface area contributed by atoms with E-state index in [0.29, 0.717) is 0 Å². The third-order valence-electron chi connectivity index (χ3n) is 3.23. The molecule has 0 aromatic heterocycles. The molecule has 0 N–H and O–H groups in total. The van der Waals surface area contributed by atoms with Crippen LogP contribution < -0.4 is 0 Å². The Labute approximate surface area is 94.0 Å². The third-order valence-corrected chi connectivity index (χ3v) is 3.23. The molecule has 0 saturated carbocycles. The largest absolute Gasteiger partial charge is 0.0741 e. The van der Waals surface area contributed by atoms with Crippen LogP contribution in [0.4, 0.5) is 0 Å². The lowest BCUT2D eigenvalue weighted by atomic mass is 9.95. The minimum atomic E-state index is 1.13. The average Bonchev–Trinajstić information content (AvgIpc) is 2.27. The Morgan fingerprint density at radius 1 is 1.07 bits per heavy atom. The van der Waals surface area contributed by atoms with Crippen molar-refractivity contribution in [3.05, 3.63) is 46.5 Å². The molecule has 0 fully saturated rings. The van der Waals surface area contributed by atoms with Crippen molar-refractivity contribution in [3.8, 4) is 0 Å². The van der Waals surface area contributed by atoms with Gasteiger partial charge < -0.3 is 0 Å². The van der Waals surface area contributed by atoms with E-state index in [0.717, 1.165) is 6.42 Å². The molecule has 0 aliphatic rings. The highest BCUT2D eigenvalue weighted by molar-refractivity contribution is 5.31. The van der Waals surface area contributed by atoms with E-state index in [1.165, 1.54) is 24.0 Å². The van der Waals surface area contributed by atoms with Gasteiger partial charge in [0, 0.05) is 0 Å². The summed E-state index contributed by atoms with van der Waals surface area (Å²) >= 11 is 0. The lowest BCUT2D eigenvalue weighted by molar-refractivity contribution is 0.924. The van der Waals surface area contributed by atoms with Gasteiger partial charge in [0.05, 0.1) is 0 Å². The zero-order valence-electron chi connectivity index (χ0n) is 10.4. The van der Waals surface area contributed by atoms with E-state index < -0.39 is 0 Å². The molecule has 0 atom stereocenters. The molecule has 15 heavy (non-hydrogen) atoms. The first-order chi connectivity index (χ1) is 7.19. The van der Waals surface area contributed by atoms with E-state index in [-0.39, 0.29) is 0 Å². The van der Waals surface area contributed by atoms with Crippen molar-refractivity contribution in [2.45, 2.75) is 47.0 Å². The van der Waals surface area contributed by atoms with Crippen molar-refractivity contribution < 1.29 is 0 Å². The fraction of sp³-hybridized carbons (Fsp3) is 0.467. The maximum absolute atomic E-state index is 2.26. The van der Waals surface area contributed by atoms with Gasteiger partial charge in [-0.1, -0.05) is 49.3 Å². The Morgan fingerprint density at radius 3 is 2.27 bits per heavy atom. The average molecular weight is 202 g/mol. The molecular formula is C15H22. The number of benzene rings is 1. The maximum Gasteiger partial charge on any atom is -0.00620 e. The first kappa shape index (κ1) is 12.0. The molecule has 0 aliphatic carbocycles. The highest BCUT2D eigenvalue weighted by atomic mass is 14.1. The summed E-state index contributed by atoms with van der Waals surface area (Å²) in [6, 6.07) is 8.69. The summed E-state index contributed by atoms with van der Waals surface area (Å²) in [7, 11) is 0. The Hall–Kier alpha value is -1.04. The van der Waals surface area contributed by atoms with Crippen LogP contribution in [0.1, 0.15) is 44.7 Å². The molecule has 1 rings (SSSR count). The van der Waals surface area contributed by atoms with Crippen LogP contribution in [0, 0.1) is 6.92 Å². The first-order valence-electron chi connectivity index (χ1n) is 5.91. The molecule has 0 aliphatic heterocycles. The summed E-state index contributed by atoms with van der Waals surface area (Å²) in [5.74, 6) is 0. The van der Waals surface area contributed by atoms with E-state index in [1.54, 1.807) is 11.1 Å². The van der Waals surface area contributed by atoms with Crippen molar-refractivity contribution in [1.82, 2.24) is 0 Å². The van der Waals surface area contributed by atoms with Gasteiger partial charge in [0.2, 0.25) is 0 Å². The molecule has 0 saturated heterocycles. The Morgan fingerprint density at radius 2 is 1.73 bits per heavy atom. The molecule has 0 heteroatoms. The SMILES string of the molecule is CCC(C)=C(CC)Cc1ccccc1C. The number of hydrogen-bond donors (Lipinski definition) is 0. The Kier molecular flexibility index (Phi) is 4.61. The minimum Gasteiger partial charge on any atom is -0.0741 e. The highest BCUT2D eigenvalue weighted by Gasteiger charge is 2.03. The third kappa shape index (κ3) is 3.23. The molecule has 0 unspecified atom stereocenters. The summed E-state index contributed by atoms with van der Waals surface area (Å²) in [5.41, 5.74) is 6.04. The second-order valence-corrected chi connectivity index (χ2v) is 4.19. The molecule has 82 valence electrons. The monoisotopic (exact) mass is 202 g/mol. The molecule has 0 nitrogen and oxygen atoms in total. The van der Waals surface area contributed by atoms with E-state index in [9.17, 15) is 0 Å². The quantitative estimate of drug-likeness (QED) is 0.622. The van der Waals surface area contributed by atoms with Crippen molar-refractivity contribution in [1.29, 1.82) is 0 Å². The van der Waals surface area contributed by atoms with Crippen LogP contribution in [0.15, 0.2) is 35.4 Å². The second-order valence-electron chi connectivity index (χ2n) is 4.19. The van der Waals surface area contributed by atoms with Crippen LogP contribution in [0.3, 0.4) is 0 Å². The Balaban J connectivity index is 2.90. The first-order valence-corrected chi connectivity index (χ1v) is 5.91. The fourth-order valence-corrected chi connectivity index (χ4v) is 1.87. The molecule has 1 aromatic rings. The summed E-state index contributed by atoms with van der Waals surface area (Å²) in [5, 5.41) is 0. The number of rotatable bonds is 4. The summed E-state index contributed by atoms with van der Waals surface area (Å²) in [6.45, 7) is 8.95. The molecule has 0 amide bonds. The standard InChI is InChI=1S/C15H22/c1-5-12(3)14(6-2)11-15-10-8-7-9-13(15)4/h7-10H,5-6,11H2,1-4H3. The van der Waals surface area contributed by atoms with Crippen LogP contribution in [0.2, 0.25) is 0 Å². The van der Waals surface area contributed by atoms with Crippen LogP contribution >= 0.6 is 0 Å². The highest BCUT2D eigenvalue weighted by Crippen LogP contribution is 2.19. The van der Waals surface area contributed by atoms with Crippen LogP contribution in [0.25, 0.3) is 0 Å². The maximum atomic E-state index is 2.26. The minimum absolute atomic E-state index is 1.13. The predicted octanol–water partition coefficient (Wildman–Crippen LogP) is 4.67. The predicted molar refractivity (Wildman–Crippen MR) is 68.2 cm³/mol. The molecule has 0 spiro atoms.